The number of ether oxygens (including phenoxy) is 1. The van der Waals surface area contributed by atoms with E-state index in [1.807, 2.05) is 6.07 Å². The molecule has 2 rings (SSSR count). The van der Waals surface area contributed by atoms with Crippen LogP contribution < -0.4 is 5.32 Å². The lowest BCUT2D eigenvalue weighted by atomic mass is 9.87. The first kappa shape index (κ1) is 16.4. The number of amides is 1. The van der Waals surface area contributed by atoms with Crippen LogP contribution in [0, 0.1) is 11.3 Å². The molecule has 1 heterocycles. The topological polar surface area (TPSA) is 79.2 Å². The van der Waals surface area contributed by atoms with Gasteiger partial charge >= 0.3 is 5.97 Å². The fourth-order valence-electron chi connectivity index (χ4n) is 2.13. The van der Waals surface area contributed by atoms with Crippen LogP contribution in [0.3, 0.4) is 0 Å². The highest BCUT2D eigenvalue weighted by Crippen LogP contribution is 2.36. The van der Waals surface area contributed by atoms with Crippen molar-refractivity contribution >= 4 is 35.2 Å². The van der Waals surface area contributed by atoms with Crippen LogP contribution in [0.2, 0.25) is 5.02 Å². The van der Waals surface area contributed by atoms with E-state index in [2.05, 4.69) is 16.1 Å². The molecule has 1 N–H and O–H groups in total. The number of hydrogen-bond donors (Lipinski definition) is 1. The second-order valence-electron chi connectivity index (χ2n) is 4.58. The fraction of sp³-hybridized carbons (Fsp3) is 0.267. The average Bonchev–Trinajstić information content (AvgIpc) is 2.51. The van der Waals surface area contributed by atoms with E-state index in [1.165, 1.54) is 7.11 Å². The fourth-order valence-corrected chi connectivity index (χ4v) is 3.24. The summed E-state index contributed by atoms with van der Waals surface area (Å²) in [5.74, 6) is -0.956. The summed E-state index contributed by atoms with van der Waals surface area (Å²) in [6.07, 6.45) is 0.172. The summed E-state index contributed by atoms with van der Waals surface area (Å²) in [7, 11) is 1.29. The van der Waals surface area contributed by atoms with E-state index in [4.69, 9.17) is 11.6 Å². The quantitative estimate of drug-likeness (QED) is 0.855. The molecule has 1 aromatic carbocycles. The van der Waals surface area contributed by atoms with Crippen molar-refractivity contribution in [2.24, 2.45) is 0 Å². The Hall–Kier alpha value is -1.97. The first-order valence-electron chi connectivity index (χ1n) is 6.44. The molecule has 0 aliphatic carbocycles. The van der Waals surface area contributed by atoms with Gasteiger partial charge in [-0.05, 0) is 17.7 Å². The number of carbonyl (C=O) groups is 2. The van der Waals surface area contributed by atoms with Gasteiger partial charge in [0.05, 0.1) is 29.5 Å². The molecule has 1 aliphatic heterocycles. The molecular weight excluding hydrogens is 324 g/mol. The standard InChI is InChI=1S/C15H13ClN2O3S/c1-21-14(20)8-22-15-12(7-17)11(6-13(19)18-15)9-3-2-4-10(16)5-9/h2-5,11H,6,8H2,1H3,(H,18,19). The zero-order valence-corrected chi connectivity index (χ0v) is 13.3. The summed E-state index contributed by atoms with van der Waals surface area (Å²) in [4.78, 5) is 23.1. The molecule has 1 amide bonds. The Morgan fingerprint density at radius 1 is 1.59 bits per heavy atom. The maximum atomic E-state index is 11.9. The number of esters is 1. The monoisotopic (exact) mass is 336 g/mol. The van der Waals surface area contributed by atoms with Crippen LogP contribution in [-0.2, 0) is 14.3 Å². The van der Waals surface area contributed by atoms with Crippen molar-refractivity contribution in [3.8, 4) is 6.07 Å². The summed E-state index contributed by atoms with van der Waals surface area (Å²) in [5, 5.41) is 13.0. The van der Waals surface area contributed by atoms with Gasteiger partial charge in [0.15, 0.2) is 0 Å². The number of benzene rings is 1. The SMILES string of the molecule is COC(=O)CSC1=C(C#N)C(c2cccc(Cl)c2)CC(=O)N1. The molecule has 0 saturated carbocycles. The Morgan fingerprint density at radius 3 is 3.00 bits per heavy atom. The predicted octanol–water partition coefficient (Wildman–Crippen LogP) is 2.58. The third-order valence-electron chi connectivity index (χ3n) is 3.17. The van der Waals surface area contributed by atoms with Crippen LogP contribution >= 0.6 is 23.4 Å². The van der Waals surface area contributed by atoms with Crippen molar-refractivity contribution in [3.63, 3.8) is 0 Å². The molecule has 0 spiro atoms. The highest BCUT2D eigenvalue weighted by molar-refractivity contribution is 8.03. The minimum Gasteiger partial charge on any atom is -0.468 e. The van der Waals surface area contributed by atoms with Crippen LogP contribution in [0.25, 0.3) is 0 Å². The van der Waals surface area contributed by atoms with Gasteiger partial charge in [-0.3, -0.25) is 9.59 Å². The molecule has 1 atom stereocenters. The number of allylic oxidation sites excluding steroid dienone is 1. The van der Waals surface area contributed by atoms with Gasteiger partial charge in [-0.2, -0.15) is 5.26 Å². The molecule has 1 aromatic rings. The number of thioether (sulfide) groups is 1. The molecule has 0 fully saturated rings. The lowest BCUT2D eigenvalue weighted by molar-refractivity contribution is -0.137. The minimum absolute atomic E-state index is 0.0273. The first-order chi connectivity index (χ1) is 10.5. The Morgan fingerprint density at radius 2 is 2.36 bits per heavy atom. The molecule has 5 nitrogen and oxygen atoms in total. The number of halogens is 1. The molecule has 0 bridgehead atoms. The van der Waals surface area contributed by atoms with Crippen molar-refractivity contribution in [1.29, 1.82) is 5.26 Å². The third-order valence-corrected chi connectivity index (χ3v) is 4.39. The lowest BCUT2D eigenvalue weighted by Crippen LogP contribution is -2.31. The summed E-state index contributed by atoms with van der Waals surface area (Å²) < 4.78 is 4.57. The molecule has 0 saturated heterocycles. The van der Waals surface area contributed by atoms with Crippen LogP contribution in [0.5, 0.6) is 0 Å². The van der Waals surface area contributed by atoms with E-state index in [0.717, 1.165) is 17.3 Å². The van der Waals surface area contributed by atoms with Crippen LogP contribution in [-0.4, -0.2) is 24.7 Å². The van der Waals surface area contributed by atoms with E-state index in [9.17, 15) is 14.9 Å². The zero-order chi connectivity index (χ0) is 16.1. The van der Waals surface area contributed by atoms with Gasteiger partial charge in [0.2, 0.25) is 5.91 Å². The average molecular weight is 337 g/mol. The van der Waals surface area contributed by atoms with Gasteiger partial charge in [0.25, 0.3) is 0 Å². The molecule has 7 heteroatoms. The van der Waals surface area contributed by atoms with Gasteiger partial charge in [0, 0.05) is 17.4 Å². The number of nitriles is 1. The van der Waals surface area contributed by atoms with E-state index in [1.54, 1.807) is 18.2 Å². The Kier molecular flexibility index (Phi) is 5.47. The van der Waals surface area contributed by atoms with Crippen molar-refractivity contribution in [3.05, 3.63) is 45.5 Å². The van der Waals surface area contributed by atoms with Gasteiger partial charge in [-0.25, -0.2) is 0 Å². The minimum atomic E-state index is -0.422. The van der Waals surface area contributed by atoms with Gasteiger partial charge in [0.1, 0.15) is 0 Å². The van der Waals surface area contributed by atoms with Crippen molar-refractivity contribution in [1.82, 2.24) is 5.32 Å². The number of rotatable bonds is 4. The summed E-state index contributed by atoms with van der Waals surface area (Å²) in [6, 6.07) is 9.21. The molecule has 0 radical (unpaired) electrons. The van der Waals surface area contributed by atoms with Crippen LogP contribution in [0.15, 0.2) is 34.9 Å². The van der Waals surface area contributed by atoms with Crippen LogP contribution in [0.4, 0.5) is 0 Å². The Balaban J connectivity index is 2.34. The molecule has 0 aromatic heterocycles. The van der Waals surface area contributed by atoms with E-state index >= 15 is 0 Å². The highest BCUT2D eigenvalue weighted by atomic mass is 35.5. The van der Waals surface area contributed by atoms with E-state index in [0.29, 0.717) is 15.6 Å². The number of methoxy groups -OCH3 is 1. The van der Waals surface area contributed by atoms with Crippen LogP contribution in [0.1, 0.15) is 17.9 Å². The summed E-state index contributed by atoms with van der Waals surface area (Å²) in [5.41, 5.74) is 1.23. The molecule has 22 heavy (non-hydrogen) atoms. The summed E-state index contributed by atoms with van der Waals surface area (Å²) in [6.45, 7) is 0. The predicted molar refractivity (Wildman–Crippen MR) is 84.1 cm³/mol. The summed E-state index contributed by atoms with van der Waals surface area (Å²) >= 11 is 7.07. The zero-order valence-electron chi connectivity index (χ0n) is 11.8. The number of carbonyl (C=O) groups excluding carboxylic acids is 2. The number of nitrogens with one attached hydrogen (secondary N) is 1. The van der Waals surface area contributed by atoms with Crippen molar-refractivity contribution in [2.45, 2.75) is 12.3 Å². The molecule has 1 unspecified atom stereocenters. The maximum absolute atomic E-state index is 11.9. The Labute approximate surface area is 137 Å². The van der Waals surface area contributed by atoms with Gasteiger partial charge in [-0.1, -0.05) is 35.5 Å². The molecular formula is C15H13ClN2O3S. The highest BCUT2D eigenvalue weighted by Gasteiger charge is 2.30. The first-order valence-corrected chi connectivity index (χ1v) is 7.80. The second kappa shape index (κ2) is 7.34. The molecule has 114 valence electrons. The Bertz CT molecular complexity index is 682. The molecule has 1 aliphatic rings. The largest absolute Gasteiger partial charge is 0.468 e. The van der Waals surface area contributed by atoms with E-state index in [-0.39, 0.29) is 24.0 Å². The normalized spacial score (nSPS) is 17.7. The third kappa shape index (κ3) is 3.81. The van der Waals surface area contributed by atoms with Crippen molar-refractivity contribution < 1.29 is 14.3 Å². The second-order valence-corrected chi connectivity index (χ2v) is 6.00. The lowest BCUT2D eigenvalue weighted by Gasteiger charge is -2.25. The smallest absolute Gasteiger partial charge is 0.316 e. The van der Waals surface area contributed by atoms with E-state index < -0.39 is 5.97 Å². The van der Waals surface area contributed by atoms with Gasteiger partial charge in [-0.15, -0.1) is 0 Å². The maximum Gasteiger partial charge on any atom is 0.316 e. The number of nitrogens with zero attached hydrogens (tertiary/aromatic N) is 1. The number of hydrogen-bond acceptors (Lipinski definition) is 5. The van der Waals surface area contributed by atoms with Crippen molar-refractivity contribution in [2.75, 3.05) is 12.9 Å². The van der Waals surface area contributed by atoms with Gasteiger partial charge < -0.3 is 10.1 Å².